The number of rotatable bonds is 1. The lowest BCUT2D eigenvalue weighted by molar-refractivity contribution is -0.127. The molecule has 1 rings (SSSR count). The Hall–Kier alpha value is -0.210. The fourth-order valence-electron chi connectivity index (χ4n) is 0.872. The van der Waals surface area contributed by atoms with Gasteiger partial charge in [0.05, 0.1) is 17.3 Å². The summed E-state index contributed by atoms with van der Waals surface area (Å²) in [4.78, 5) is 12.7. The summed E-state index contributed by atoms with van der Waals surface area (Å²) in [5.74, 6) is 1.40. The molecule has 0 aromatic heterocycles. The fraction of sp³-hybridized carbons (Fsp3) is 0.667. The van der Waals surface area contributed by atoms with Crippen LogP contribution in [0.15, 0.2) is 0 Å². The zero-order valence-corrected chi connectivity index (χ0v) is 8.19. The van der Waals surface area contributed by atoms with E-state index in [4.69, 9.17) is 5.26 Å². The van der Waals surface area contributed by atoms with Crippen LogP contribution in [0.4, 0.5) is 0 Å². The lowest BCUT2D eigenvalue weighted by Crippen LogP contribution is -2.36. The highest BCUT2D eigenvalue weighted by Gasteiger charge is 2.27. The molecule has 1 fully saturated rings. The second-order valence-corrected chi connectivity index (χ2v) is 3.70. The second kappa shape index (κ2) is 3.98. The minimum Gasteiger partial charge on any atom is -0.316 e. The Morgan fingerprint density at radius 2 is 2.64 bits per heavy atom. The van der Waals surface area contributed by atoms with Gasteiger partial charge in [-0.1, -0.05) is 15.9 Å². The van der Waals surface area contributed by atoms with Crippen LogP contribution in [0.1, 0.15) is 0 Å². The van der Waals surface area contributed by atoms with Gasteiger partial charge in [0.25, 0.3) is 0 Å². The summed E-state index contributed by atoms with van der Waals surface area (Å²) in [5.41, 5.74) is 0. The first kappa shape index (κ1) is 8.88. The Kier molecular flexibility index (Phi) is 3.21. The number of nitrogens with zero attached hydrogens (tertiary/aromatic N) is 2. The number of halogens is 1. The number of carbonyl (C=O) groups excluding carboxylic acids is 1. The van der Waals surface area contributed by atoms with Gasteiger partial charge >= 0.3 is 0 Å². The third kappa shape index (κ3) is 1.88. The third-order valence-electron chi connectivity index (χ3n) is 1.47. The summed E-state index contributed by atoms with van der Waals surface area (Å²) < 4.78 is 0. The van der Waals surface area contributed by atoms with E-state index in [1.807, 2.05) is 0 Å². The largest absolute Gasteiger partial charge is 0.316 e. The summed E-state index contributed by atoms with van der Waals surface area (Å²) in [6.07, 6.45) is 0. The van der Waals surface area contributed by atoms with Crippen molar-refractivity contribution in [2.45, 2.75) is 6.04 Å². The van der Waals surface area contributed by atoms with Gasteiger partial charge in [-0.05, 0) is 0 Å². The molecule has 11 heavy (non-hydrogen) atoms. The molecule has 0 unspecified atom stereocenters. The Morgan fingerprint density at radius 1 is 1.91 bits per heavy atom. The molecule has 3 nitrogen and oxygen atoms in total. The van der Waals surface area contributed by atoms with E-state index < -0.39 is 0 Å². The van der Waals surface area contributed by atoms with Crippen LogP contribution in [0.5, 0.6) is 0 Å². The number of nitriles is 1. The minimum atomic E-state index is -0.218. The van der Waals surface area contributed by atoms with Gasteiger partial charge < -0.3 is 4.90 Å². The molecule has 0 bridgehead atoms. The normalized spacial score (nSPS) is 23.3. The number of carbonyl (C=O) groups is 1. The van der Waals surface area contributed by atoms with E-state index in [-0.39, 0.29) is 11.9 Å². The molecule has 1 aliphatic heterocycles. The minimum absolute atomic E-state index is 0.00144. The Bertz CT molecular complexity index is 203. The second-order valence-electron chi connectivity index (χ2n) is 2.14. The Balaban J connectivity index is 2.58. The van der Waals surface area contributed by atoms with Crippen molar-refractivity contribution in [1.82, 2.24) is 4.90 Å². The molecule has 0 spiro atoms. The number of thioether (sulfide) groups is 1. The quantitative estimate of drug-likeness (QED) is 0.631. The first-order valence-corrected chi connectivity index (χ1v) is 5.40. The highest BCUT2D eigenvalue weighted by atomic mass is 79.9. The molecule has 1 heterocycles. The average Bonchev–Trinajstić information content (AvgIpc) is 2.50. The molecule has 0 N–H and O–H groups in total. The molecule has 0 saturated carbocycles. The van der Waals surface area contributed by atoms with Crippen LogP contribution < -0.4 is 0 Å². The molecule has 1 amide bonds. The number of alkyl halides is 1. The van der Waals surface area contributed by atoms with Crippen molar-refractivity contribution in [3.63, 3.8) is 0 Å². The van der Waals surface area contributed by atoms with Crippen molar-refractivity contribution >= 4 is 33.6 Å². The summed E-state index contributed by atoms with van der Waals surface area (Å²) in [7, 11) is 0. The van der Waals surface area contributed by atoms with E-state index >= 15 is 0 Å². The zero-order valence-electron chi connectivity index (χ0n) is 5.79. The van der Waals surface area contributed by atoms with E-state index in [0.717, 1.165) is 5.75 Å². The van der Waals surface area contributed by atoms with E-state index in [1.165, 1.54) is 0 Å². The van der Waals surface area contributed by atoms with Gasteiger partial charge in [0.15, 0.2) is 0 Å². The van der Waals surface area contributed by atoms with Crippen LogP contribution in [0.25, 0.3) is 0 Å². The fourth-order valence-corrected chi connectivity index (χ4v) is 2.30. The smallest absolute Gasteiger partial charge is 0.235 e. The molecule has 1 atom stereocenters. The summed E-state index contributed by atoms with van der Waals surface area (Å²) in [6.45, 7) is 0. The van der Waals surface area contributed by atoms with Crippen molar-refractivity contribution in [3.05, 3.63) is 0 Å². The molecule has 0 aromatic rings. The zero-order chi connectivity index (χ0) is 8.27. The number of hydrogen-bond donors (Lipinski definition) is 0. The molecule has 0 aromatic carbocycles. The van der Waals surface area contributed by atoms with E-state index in [1.54, 1.807) is 16.7 Å². The number of hydrogen-bond acceptors (Lipinski definition) is 3. The molecule has 5 heteroatoms. The molecule has 60 valence electrons. The lowest BCUT2D eigenvalue weighted by Gasteiger charge is -2.16. The van der Waals surface area contributed by atoms with Crippen molar-refractivity contribution in [2.75, 3.05) is 17.0 Å². The van der Waals surface area contributed by atoms with Crippen LogP contribution in [0.2, 0.25) is 0 Å². The predicted molar refractivity (Wildman–Crippen MR) is 47.4 cm³/mol. The number of amides is 1. The van der Waals surface area contributed by atoms with E-state index in [0.29, 0.717) is 11.2 Å². The van der Waals surface area contributed by atoms with Gasteiger partial charge in [0, 0.05) is 5.75 Å². The van der Waals surface area contributed by atoms with Crippen molar-refractivity contribution in [3.8, 4) is 6.07 Å². The van der Waals surface area contributed by atoms with Crippen LogP contribution >= 0.6 is 27.7 Å². The molecule has 1 aliphatic rings. The summed E-state index contributed by atoms with van der Waals surface area (Å²) in [6, 6.07) is 1.88. The van der Waals surface area contributed by atoms with Crippen molar-refractivity contribution < 1.29 is 4.79 Å². The highest BCUT2D eigenvalue weighted by molar-refractivity contribution is 9.09. The van der Waals surface area contributed by atoms with Crippen LogP contribution in [-0.4, -0.2) is 33.8 Å². The maximum Gasteiger partial charge on any atom is 0.235 e. The van der Waals surface area contributed by atoms with Crippen LogP contribution in [0.3, 0.4) is 0 Å². The average molecular weight is 235 g/mol. The molecule has 0 radical (unpaired) electrons. The van der Waals surface area contributed by atoms with Gasteiger partial charge in [0.1, 0.15) is 6.04 Å². The van der Waals surface area contributed by atoms with Gasteiger partial charge in [-0.25, -0.2) is 0 Å². The monoisotopic (exact) mass is 234 g/mol. The third-order valence-corrected chi connectivity index (χ3v) is 2.96. The van der Waals surface area contributed by atoms with Gasteiger partial charge in [-0.2, -0.15) is 5.26 Å². The Labute approximate surface area is 77.9 Å². The van der Waals surface area contributed by atoms with Gasteiger partial charge in [0.2, 0.25) is 5.91 Å². The predicted octanol–water partition coefficient (Wildman–Crippen LogP) is 0.806. The maximum absolute atomic E-state index is 11.1. The molecular weight excluding hydrogens is 228 g/mol. The SMILES string of the molecule is N#C[C@@H]1CSCN1C(=O)CBr. The lowest BCUT2D eigenvalue weighted by atomic mass is 10.3. The first-order chi connectivity index (χ1) is 5.29. The summed E-state index contributed by atoms with van der Waals surface area (Å²) in [5, 5.41) is 8.92. The van der Waals surface area contributed by atoms with Crippen molar-refractivity contribution in [1.29, 1.82) is 5.26 Å². The molecule has 1 saturated heterocycles. The molecular formula is C6H7BrN2OS. The van der Waals surface area contributed by atoms with Crippen LogP contribution in [0, 0.1) is 11.3 Å². The van der Waals surface area contributed by atoms with E-state index in [2.05, 4.69) is 22.0 Å². The maximum atomic E-state index is 11.1. The van der Waals surface area contributed by atoms with Crippen LogP contribution in [-0.2, 0) is 4.79 Å². The van der Waals surface area contributed by atoms with Gasteiger partial charge in [-0.3, -0.25) is 4.79 Å². The Morgan fingerprint density at radius 3 is 3.18 bits per heavy atom. The topological polar surface area (TPSA) is 44.1 Å². The standard InChI is InChI=1S/C6H7BrN2OS/c7-1-6(10)9-4-11-3-5(9)2-8/h5H,1,3-4H2/t5-/m1/s1. The van der Waals surface area contributed by atoms with E-state index in [9.17, 15) is 4.79 Å². The van der Waals surface area contributed by atoms with Crippen molar-refractivity contribution in [2.24, 2.45) is 0 Å². The highest BCUT2D eigenvalue weighted by Crippen LogP contribution is 2.20. The summed E-state index contributed by atoms with van der Waals surface area (Å²) >= 11 is 4.69. The first-order valence-electron chi connectivity index (χ1n) is 3.12. The van der Waals surface area contributed by atoms with Gasteiger partial charge in [-0.15, -0.1) is 11.8 Å². The molecule has 0 aliphatic carbocycles.